The lowest BCUT2D eigenvalue weighted by molar-refractivity contribution is -0.111. The van der Waals surface area contributed by atoms with Crippen LogP contribution in [-0.2, 0) is 4.79 Å². The molecule has 2 nitrogen and oxygen atoms in total. The van der Waals surface area contributed by atoms with E-state index in [1.807, 2.05) is 61.5 Å². The summed E-state index contributed by atoms with van der Waals surface area (Å²) in [5.74, 6) is -0.129. The second-order valence-corrected chi connectivity index (χ2v) is 6.11. The predicted octanol–water partition coefficient (Wildman–Crippen LogP) is 5.62. The Hall–Kier alpha value is -3.13. The number of hydrogen-bond donors (Lipinski definition) is 1. The maximum absolute atomic E-state index is 12.1. The van der Waals surface area contributed by atoms with Crippen LogP contribution in [0.5, 0.6) is 0 Å². The maximum atomic E-state index is 12.1. The lowest BCUT2D eigenvalue weighted by Crippen LogP contribution is -2.07. The largest absolute Gasteiger partial charge is 0.323 e. The third-order valence-electron chi connectivity index (χ3n) is 4.22. The van der Waals surface area contributed by atoms with Crippen LogP contribution in [0, 0.1) is 13.8 Å². The number of hydrogen-bond acceptors (Lipinski definition) is 1. The Morgan fingerprint density at radius 3 is 2.16 bits per heavy atom. The summed E-state index contributed by atoms with van der Waals surface area (Å²) in [6, 6.07) is 24.3. The van der Waals surface area contributed by atoms with Crippen LogP contribution < -0.4 is 5.32 Å². The first-order valence-electron chi connectivity index (χ1n) is 8.33. The lowest BCUT2D eigenvalue weighted by Gasteiger charge is -2.05. The third-order valence-corrected chi connectivity index (χ3v) is 4.22. The number of carbonyl (C=O) groups excluding carboxylic acids is 1. The summed E-state index contributed by atoms with van der Waals surface area (Å²) in [7, 11) is 0. The number of aryl methyl sites for hydroxylation is 2. The van der Waals surface area contributed by atoms with Crippen molar-refractivity contribution >= 4 is 17.7 Å². The van der Waals surface area contributed by atoms with Gasteiger partial charge in [-0.2, -0.15) is 0 Å². The summed E-state index contributed by atoms with van der Waals surface area (Å²) < 4.78 is 0. The van der Waals surface area contributed by atoms with Gasteiger partial charge in [-0.05, 0) is 59.9 Å². The van der Waals surface area contributed by atoms with Crippen molar-refractivity contribution in [3.05, 3.63) is 95.6 Å². The minimum Gasteiger partial charge on any atom is -0.323 e. The van der Waals surface area contributed by atoms with Crippen molar-refractivity contribution in [1.29, 1.82) is 0 Å². The molecular weight excluding hydrogens is 306 g/mol. The fourth-order valence-electron chi connectivity index (χ4n) is 2.59. The molecule has 124 valence electrons. The van der Waals surface area contributed by atoms with Gasteiger partial charge in [-0.3, -0.25) is 4.79 Å². The van der Waals surface area contributed by atoms with Crippen molar-refractivity contribution in [1.82, 2.24) is 0 Å². The molecule has 0 atom stereocenters. The zero-order valence-electron chi connectivity index (χ0n) is 14.5. The molecule has 3 rings (SSSR count). The van der Waals surface area contributed by atoms with Gasteiger partial charge in [0.15, 0.2) is 0 Å². The van der Waals surface area contributed by atoms with Crippen LogP contribution in [0.1, 0.15) is 16.7 Å². The van der Waals surface area contributed by atoms with E-state index in [9.17, 15) is 4.79 Å². The van der Waals surface area contributed by atoms with Gasteiger partial charge in [0.05, 0.1) is 0 Å². The highest BCUT2D eigenvalue weighted by Crippen LogP contribution is 2.19. The second-order valence-electron chi connectivity index (χ2n) is 6.11. The summed E-state index contributed by atoms with van der Waals surface area (Å²) >= 11 is 0. The average molecular weight is 327 g/mol. The number of benzene rings is 3. The van der Waals surface area contributed by atoms with Gasteiger partial charge in [0.2, 0.25) is 5.91 Å². The molecular formula is C23H21NO. The molecule has 2 heteroatoms. The average Bonchev–Trinajstić information content (AvgIpc) is 2.64. The zero-order chi connectivity index (χ0) is 17.6. The summed E-state index contributed by atoms with van der Waals surface area (Å²) in [4.78, 5) is 12.1. The van der Waals surface area contributed by atoms with Crippen molar-refractivity contribution in [3.63, 3.8) is 0 Å². The molecule has 0 unspecified atom stereocenters. The molecule has 0 bridgehead atoms. The molecule has 0 fully saturated rings. The molecule has 3 aromatic carbocycles. The van der Waals surface area contributed by atoms with Crippen LogP contribution in [0.4, 0.5) is 5.69 Å². The second kappa shape index (κ2) is 7.63. The van der Waals surface area contributed by atoms with Gasteiger partial charge in [0.25, 0.3) is 0 Å². The number of carbonyl (C=O) groups is 1. The Balaban J connectivity index is 1.65. The third kappa shape index (κ3) is 4.45. The number of amides is 1. The number of anilines is 1. The van der Waals surface area contributed by atoms with Gasteiger partial charge in [0.1, 0.15) is 0 Å². The van der Waals surface area contributed by atoms with Crippen molar-refractivity contribution in [2.45, 2.75) is 13.8 Å². The number of nitrogens with one attached hydrogen (secondary N) is 1. The smallest absolute Gasteiger partial charge is 0.248 e. The van der Waals surface area contributed by atoms with E-state index >= 15 is 0 Å². The molecule has 0 spiro atoms. The minimum atomic E-state index is -0.129. The highest BCUT2D eigenvalue weighted by Gasteiger charge is 2.00. The van der Waals surface area contributed by atoms with E-state index in [0.29, 0.717) is 0 Å². The SMILES string of the molecule is Cc1ccc(NC(=O)/C=C/c2ccc(-c3ccccc3)cc2)cc1C. The van der Waals surface area contributed by atoms with E-state index in [4.69, 9.17) is 0 Å². The van der Waals surface area contributed by atoms with E-state index in [0.717, 1.165) is 16.8 Å². The summed E-state index contributed by atoms with van der Waals surface area (Å²) in [5.41, 5.74) is 6.54. The molecule has 0 aliphatic heterocycles. The van der Waals surface area contributed by atoms with Gasteiger partial charge < -0.3 is 5.32 Å². The quantitative estimate of drug-likeness (QED) is 0.619. The molecule has 0 saturated carbocycles. The van der Waals surface area contributed by atoms with Crippen molar-refractivity contribution in [3.8, 4) is 11.1 Å². The van der Waals surface area contributed by atoms with Gasteiger partial charge >= 0.3 is 0 Å². The standard InChI is InChI=1S/C23H21NO/c1-17-8-14-22(16-18(17)2)24-23(25)15-11-19-9-12-21(13-10-19)20-6-4-3-5-7-20/h3-16H,1-2H3,(H,24,25)/b15-11+. The zero-order valence-corrected chi connectivity index (χ0v) is 14.5. The molecule has 0 radical (unpaired) electrons. The molecule has 0 heterocycles. The maximum Gasteiger partial charge on any atom is 0.248 e. The first-order valence-corrected chi connectivity index (χ1v) is 8.33. The lowest BCUT2D eigenvalue weighted by atomic mass is 10.0. The normalized spacial score (nSPS) is 10.8. The van der Waals surface area contributed by atoms with Gasteiger partial charge in [-0.1, -0.05) is 60.7 Å². The van der Waals surface area contributed by atoms with Gasteiger partial charge in [-0.15, -0.1) is 0 Å². The summed E-state index contributed by atoms with van der Waals surface area (Å²) in [6.45, 7) is 4.09. The molecule has 3 aromatic rings. The Morgan fingerprint density at radius 1 is 0.800 bits per heavy atom. The highest BCUT2D eigenvalue weighted by molar-refractivity contribution is 6.02. The van der Waals surface area contributed by atoms with E-state index in [2.05, 4.69) is 36.5 Å². The fraction of sp³-hybridized carbons (Fsp3) is 0.0870. The topological polar surface area (TPSA) is 29.1 Å². The Kier molecular flexibility index (Phi) is 5.10. The first-order chi connectivity index (χ1) is 12.1. The molecule has 25 heavy (non-hydrogen) atoms. The van der Waals surface area contributed by atoms with E-state index in [-0.39, 0.29) is 5.91 Å². The van der Waals surface area contributed by atoms with E-state index in [1.54, 1.807) is 6.08 Å². The fourth-order valence-corrected chi connectivity index (χ4v) is 2.59. The van der Waals surface area contributed by atoms with Crippen LogP contribution >= 0.6 is 0 Å². The van der Waals surface area contributed by atoms with Crippen LogP contribution in [0.3, 0.4) is 0 Å². The van der Waals surface area contributed by atoms with Gasteiger partial charge in [0, 0.05) is 11.8 Å². The molecule has 0 saturated heterocycles. The van der Waals surface area contributed by atoms with E-state index < -0.39 is 0 Å². The van der Waals surface area contributed by atoms with Crippen molar-refractivity contribution in [2.75, 3.05) is 5.32 Å². The molecule has 1 amide bonds. The Labute approximate surface area is 148 Å². The Bertz CT molecular complexity index is 893. The van der Waals surface area contributed by atoms with Crippen molar-refractivity contribution < 1.29 is 4.79 Å². The highest BCUT2D eigenvalue weighted by atomic mass is 16.1. The Morgan fingerprint density at radius 2 is 1.48 bits per heavy atom. The first kappa shape index (κ1) is 16.7. The van der Waals surface area contributed by atoms with E-state index in [1.165, 1.54) is 16.7 Å². The minimum absolute atomic E-state index is 0.129. The molecule has 0 aliphatic carbocycles. The molecule has 0 aliphatic rings. The molecule has 1 N–H and O–H groups in total. The number of rotatable bonds is 4. The summed E-state index contributed by atoms with van der Waals surface area (Å²) in [5, 5.41) is 2.89. The van der Waals surface area contributed by atoms with Crippen molar-refractivity contribution in [2.24, 2.45) is 0 Å². The van der Waals surface area contributed by atoms with Crippen LogP contribution in [0.25, 0.3) is 17.2 Å². The summed E-state index contributed by atoms with van der Waals surface area (Å²) in [6.07, 6.45) is 3.39. The monoisotopic (exact) mass is 327 g/mol. The van der Waals surface area contributed by atoms with Gasteiger partial charge in [-0.25, -0.2) is 0 Å². The molecule has 0 aromatic heterocycles. The predicted molar refractivity (Wildman–Crippen MR) is 105 cm³/mol. The van der Waals surface area contributed by atoms with Crippen LogP contribution in [-0.4, -0.2) is 5.91 Å². The van der Waals surface area contributed by atoms with Crippen LogP contribution in [0.2, 0.25) is 0 Å². The van der Waals surface area contributed by atoms with Crippen LogP contribution in [0.15, 0.2) is 78.9 Å².